The topological polar surface area (TPSA) is 93.7 Å². The number of carbonyl (C=O) groups excluding carboxylic acids is 1. The van der Waals surface area contributed by atoms with E-state index in [0.29, 0.717) is 34.0 Å². The second-order valence-corrected chi connectivity index (χ2v) is 8.18. The van der Waals surface area contributed by atoms with Gasteiger partial charge in [0.25, 0.3) is 15.9 Å². The van der Waals surface area contributed by atoms with E-state index in [9.17, 15) is 13.2 Å². The van der Waals surface area contributed by atoms with Gasteiger partial charge in [0.05, 0.1) is 24.8 Å². The number of aryl methyl sites for hydroxylation is 1. The molecule has 0 heterocycles. The van der Waals surface area contributed by atoms with Crippen molar-refractivity contribution < 1.29 is 22.7 Å². The molecule has 0 spiro atoms. The highest BCUT2D eigenvalue weighted by Gasteiger charge is 2.16. The van der Waals surface area contributed by atoms with Gasteiger partial charge in [-0.15, -0.1) is 0 Å². The summed E-state index contributed by atoms with van der Waals surface area (Å²) in [6.07, 6.45) is 0. The molecular formula is C22H22N2O5S. The smallest absolute Gasteiger partial charge is 0.261 e. The summed E-state index contributed by atoms with van der Waals surface area (Å²) >= 11 is 0. The quantitative estimate of drug-likeness (QED) is 0.594. The minimum absolute atomic E-state index is 0.115. The van der Waals surface area contributed by atoms with Crippen molar-refractivity contribution in [3.05, 3.63) is 77.9 Å². The number of amides is 1. The molecule has 2 N–H and O–H groups in total. The van der Waals surface area contributed by atoms with Crippen molar-refractivity contribution in [2.75, 3.05) is 24.3 Å². The number of methoxy groups -OCH3 is 2. The number of sulfonamides is 1. The third kappa shape index (κ3) is 4.90. The van der Waals surface area contributed by atoms with Crippen LogP contribution in [0, 0.1) is 6.92 Å². The van der Waals surface area contributed by atoms with E-state index in [1.165, 1.54) is 19.2 Å². The molecule has 1 amide bonds. The predicted octanol–water partition coefficient (Wildman–Crippen LogP) is 4.07. The van der Waals surface area contributed by atoms with E-state index >= 15 is 0 Å². The van der Waals surface area contributed by atoms with Gasteiger partial charge in [0.2, 0.25) is 0 Å². The molecule has 156 valence electrons. The largest absolute Gasteiger partial charge is 0.497 e. The van der Waals surface area contributed by atoms with E-state index in [1.807, 2.05) is 0 Å². The van der Waals surface area contributed by atoms with Crippen LogP contribution in [-0.2, 0) is 10.0 Å². The Morgan fingerprint density at radius 3 is 1.93 bits per heavy atom. The average molecular weight is 426 g/mol. The molecule has 7 nitrogen and oxygen atoms in total. The summed E-state index contributed by atoms with van der Waals surface area (Å²) in [5.41, 5.74) is 2.06. The van der Waals surface area contributed by atoms with Gasteiger partial charge in [-0.05, 0) is 79.2 Å². The van der Waals surface area contributed by atoms with E-state index < -0.39 is 10.0 Å². The van der Waals surface area contributed by atoms with Gasteiger partial charge in [-0.2, -0.15) is 0 Å². The Morgan fingerprint density at radius 2 is 1.40 bits per heavy atom. The number of benzene rings is 3. The maximum atomic E-state index is 12.6. The molecule has 0 aliphatic carbocycles. The lowest BCUT2D eigenvalue weighted by Gasteiger charge is -2.12. The van der Waals surface area contributed by atoms with E-state index in [-0.39, 0.29) is 10.8 Å². The zero-order chi connectivity index (χ0) is 21.7. The molecule has 0 atom stereocenters. The molecule has 3 aromatic carbocycles. The van der Waals surface area contributed by atoms with Crippen LogP contribution in [0.2, 0.25) is 0 Å². The molecule has 0 aliphatic rings. The van der Waals surface area contributed by atoms with Crippen molar-refractivity contribution >= 4 is 27.3 Å². The first-order chi connectivity index (χ1) is 14.3. The summed E-state index contributed by atoms with van der Waals surface area (Å²) in [5.74, 6) is 0.961. The first-order valence-corrected chi connectivity index (χ1v) is 10.5. The molecule has 0 fully saturated rings. The highest BCUT2D eigenvalue weighted by atomic mass is 32.2. The number of carbonyl (C=O) groups is 1. The van der Waals surface area contributed by atoms with Gasteiger partial charge >= 0.3 is 0 Å². The average Bonchev–Trinajstić information content (AvgIpc) is 2.75. The molecule has 0 radical (unpaired) electrons. The van der Waals surface area contributed by atoms with E-state index in [2.05, 4.69) is 10.0 Å². The number of rotatable bonds is 7. The number of hydrogen-bond acceptors (Lipinski definition) is 5. The zero-order valence-electron chi connectivity index (χ0n) is 16.8. The standard InChI is InChI=1S/C22H22N2O5S/c1-15-14-16(22(25)23-17-5-7-18(28-2)8-6-17)4-13-21(15)24-30(26,27)20-11-9-19(29-3)10-12-20/h4-14,24H,1-3H3,(H,23,25). The second kappa shape index (κ2) is 8.87. The Hall–Kier alpha value is -3.52. The van der Waals surface area contributed by atoms with Gasteiger partial charge in [0.15, 0.2) is 0 Å². The minimum Gasteiger partial charge on any atom is -0.497 e. The molecular weight excluding hydrogens is 404 g/mol. The van der Waals surface area contributed by atoms with Crippen molar-refractivity contribution in [2.24, 2.45) is 0 Å². The van der Waals surface area contributed by atoms with Gasteiger partial charge in [0.1, 0.15) is 11.5 Å². The van der Waals surface area contributed by atoms with Crippen LogP contribution in [-0.4, -0.2) is 28.5 Å². The van der Waals surface area contributed by atoms with Crippen molar-refractivity contribution in [3.8, 4) is 11.5 Å². The van der Waals surface area contributed by atoms with Crippen molar-refractivity contribution in [3.63, 3.8) is 0 Å². The summed E-state index contributed by atoms with van der Waals surface area (Å²) in [6, 6.07) is 17.8. The molecule has 0 aromatic heterocycles. The summed E-state index contributed by atoms with van der Waals surface area (Å²) in [5, 5.41) is 2.80. The Morgan fingerprint density at radius 1 is 0.833 bits per heavy atom. The lowest BCUT2D eigenvalue weighted by atomic mass is 10.1. The van der Waals surface area contributed by atoms with E-state index in [4.69, 9.17) is 9.47 Å². The Kier molecular flexibility index (Phi) is 6.27. The molecule has 3 aromatic rings. The minimum atomic E-state index is -3.77. The second-order valence-electron chi connectivity index (χ2n) is 6.49. The lowest BCUT2D eigenvalue weighted by molar-refractivity contribution is 0.102. The number of nitrogens with one attached hydrogen (secondary N) is 2. The SMILES string of the molecule is COc1ccc(NC(=O)c2ccc(NS(=O)(=O)c3ccc(OC)cc3)c(C)c2)cc1. The van der Waals surface area contributed by atoms with Gasteiger partial charge in [0, 0.05) is 11.3 Å². The summed E-state index contributed by atoms with van der Waals surface area (Å²) in [6.45, 7) is 1.73. The van der Waals surface area contributed by atoms with Gasteiger partial charge in [-0.25, -0.2) is 8.42 Å². The van der Waals surface area contributed by atoms with Crippen LogP contribution < -0.4 is 19.5 Å². The van der Waals surface area contributed by atoms with E-state index in [0.717, 1.165) is 0 Å². The lowest BCUT2D eigenvalue weighted by Crippen LogP contribution is -2.15. The third-order valence-corrected chi connectivity index (χ3v) is 5.83. The maximum Gasteiger partial charge on any atom is 0.261 e. The Labute approximate surface area is 175 Å². The number of hydrogen-bond donors (Lipinski definition) is 2. The zero-order valence-corrected chi connectivity index (χ0v) is 17.6. The fourth-order valence-electron chi connectivity index (χ4n) is 2.76. The molecule has 30 heavy (non-hydrogen) atoms. The number of anilines is 2. The fraction of sp³-hybridized carbons (Fsp3) is 0.136. The van der Waals surface area contributed by atoms with Crippen LogP contribution in [0.5, 0.6) is 11.5 Å². The summed E-state index contributed by atoms with van der Waals surface area (Å²) in [7, 11) is -0.685. The summed E-state index contributed by atoms with van der Waals surface area (Å²) in [4.78, 5) is 12.6. The molecule has 0 saturated heterocycles. The molecule has 0 unspecified atom stereocenters. The van der Waals surface area contributed by atoms with Crippen LogP contribution in [0.3, 0.4) is 0 Å². The predicted molar refractivity (Wildman–Crippen MR) is 116 cm³/mol. The molecule has 0 aliphatic heterocycles. The van der Waals surface area contributed by atoms with Crippen LogP contribution in [0.4, 0.5) is 11.4 Å². The van der Waals surface area contributed by atoms with Gasteiger partial charge < -0.3 is 14.8 Å². The first-order valence-electron chi connectivity index (χ1n) is 9.05. The van der Waals surface area contributed by atoms with Crippen molar-refractivity contribution in [1.82, 2.24) is 0 Å². The van der Waals surface area contributed by atoms with Crippen molar-refractivity contribution in [2.45, 2.75) is 11.8 Å². The Bertz CT molecular complexity index is 1140. The third-order valence-electron chi connectivity index (χ3n) is 4.45. The van der Waals surface area contributed by atoms with Gasteiger partial charge in [-0.3, -0.25) is 9.52 Å². The maximum absolute atomic E-state index is 12.6. The normalized spacial score (nSPS) is 10.9. The van der Waals surface area contributed by atoms with Gasteiger partial charge in [-0.1, -0.05) is 0 Å². The molecule has 0 bridgehead atoms. The summed E-state index contributed by atoms with van der Waals surface area (Å²) < 4.78 is 37.9. The van der Waals surface area contributed by atoms with Crippen LogP contribution >= 0.6 is 0 Å². The molecule has 0 saturated carbocycles. The van der Waals surface area contributed by atoms with Crippen LogP contribution in [0.25, 0.3) is 0 Å². The van der Waals surface area contributed by atoms with Crippen LogP contribution in [0.15, 0.2) is 71.6 Å². The highest BCUT2D eigenvalue weighted by molar-refractivity contribution is 7.92. The molecule has 8 heteroatoms. The highest BCUT2D eigenvalue weighted by Crippen LogP contribution is 2.23. The molecule has 3 rings (SSSR count). The fourth-order valence-corrected chi connectivity index (χ4v) is 3.89. The van der Waals surface area contributed by atoms with Crippen molar-refractivity contribution in [1.29, 1.82) is 0 Å². The Balaban J connectivity index is 1.74. The first kappa shape index (κ1) is 21.2. The van der Waals surface area contributed by atoms with Crippen LogP contribution in [0.1, 0.15) is 15.9 Å². The monoisotopic (exact) mass is 426 g/mol. The van der Waals surface area contributed by atoms with E-state index in [1.54, 1.807) is 68.6 Å². The number of ether oxygens (including phenoxy) is 2.